The van der Waals surface area contributed by atoms with E-state index < -0.39 is 0 Å². The van der Waals surface area contributed by atoms with Gasteiger partial charge >= 0.3 is 0 Å². The third kappa shape index (κ3) is 4.45. The molecular formula is C22H30N4O2. The number of imidazole rings is 1. The zero-order chi connectivity index (χ0) is 19.3. The summed E-state index contributed by atoms with van der Waals surface area (Å²) in [5.74, 6) is 1.45. The van der Waals surface area contributed by atoms with Crippen LogP contribution in [0.4, 0.5) is 0 Å². The Kier molecular flexibility index (Phi) is 6.07. The maximum absolute atomic E-state index is 12.5. The van der Waals surface area contributed by atoms with E-state index >= 15 is 0 Å². The predicted octanol–water partition coefficient (Wildman–Crippen LogP) is 2.24. The molecule has 6 nitrogen and oxygen atoms in total. The van der Waals surface area contributed by atoms with Gasteiger partial charge in [-0.3, -0.25) is 9.69 Å². The minimum atomic E-state index is -0.0704. The van der Waals surface area contributed by atoms with Crippen LogP contribution in [0.5, 0.6) is 0 Å². The van der Waals surface area contributed by atoms with Gasteiger partial charge in [-0.25, -0.2) is 4.98 Å². The Morgan fingerprint density at radius 1 is 1.25 bits per heavy atom. The number of fused-ring (bicyclic) bond motifs is 1. The van der Waals surface area contributed by atoms with Gasteiger partial charge in [-0.1, -0.05) is 31.2 Å². The number of hydrogen-bond acceptors (Lipinski definition) is 4. The van der Waals surface area contributed by atoms with Gasteiger partial charge in [0.25, 0.3) is 5.91 Å². The van der Waals surface area contributed by atoms with E-state index in [4.69, 9.17) is 4.74 Å². The summed E-state index contributed by atoms with van der Waals surface area (Å²) in [7, 11) is 0. The fourth-order valence-electron chi connectivity index (χ4n) is 4.09. The maximum atomic E-state index is 12.5. The second kappa shape index (κ2) is 8.88. The van der Waals surface area contributed by atoms with Gasteiger partial charge in [0.15, 0.2) is 0 Å². The Hall–Kier alpha value is -2.18. The first kappa shape index (κ1) is 19.2. The lowest BCUT2D eigenvalue weighted by Gasteiger charge is -2.26. The third-order valence-electron chi connectivity index (χ3n) is 5.90. The van der Waals surface area contributed by atoms with Crippen LogP contribution in [0.3, 0.4) is 0 Å². The third-order valence-corrected chi connectivity index (χ3v) is 5.90. The second-order valence-corrected chi connectivity index (χ2v) is 7.74. The van der Waals surface area contributed by atoms with E-state index in [0.29, 0.717) is 18.2 Å². The SMILES string of the molecule is CCc1ccc([C@@H]2CCc3nc(C(=O)NCCN4CCOCC4)cn3C2)cc1. The van der Waals surface area contributed by atoms with Crippen molar-refractivity contribution in [3.8, 4) is 0 Å². The summed E-state index contributed by atoms with van der Waals surface area (Å²) in [6, 6.07) is 8.97. The number of amides is 1. The van der Waals surface area contributed by atoms with Gasteiger partial charge < -0.3 is 14.6 Å². The van der Waals surface area contributed by atoms with E-state index in [9.17, 15) is 4.79 Å². The lowest BCUT2D eigenvalue weighted by Crippen LogP contribution is -2.41. The van der Waals surface area contributed by atoms with Crippen molar-refractivity contribution < 1.29 is 9.53 Å². The molecule has 0 spiro atoms. The number of benzene rings is 1. The van der Waals surface area contributed by atoms with Crippen molar-refractivity contribution in [1.29, 1.82) is 0 Å². The average molecular weight is 383 g/mol. The zero-order valence-corrected chi connectivity index (χ0v) is 16.7. The predicted molar refractivity (Wildman–Crippen MR) is 109 cm³/mol. The molecule has 2 aliphatic heterocycles. The molecular weight excluding hydrogens is 352 g/mol. The highest BCUT2D eigenvalue weighted by atomic mass is 16.5. The second-order valence-electron chi connectivity index (χ2n) is 7.74. The molecule has 2 aromatic rings. The number of nitrogens with one attached hydrogen (secondary N) is 1. The summed E-state index contributed by atoms with van der Waals surface area (Å²) in [6.07, 6.45) is 4.99. The van der Waals surface area contributed by atoms with Crippen LogP contribution in [-0.4, -0.2) is 59.8 Å². The van der Waals surface area contributed by atoms with E-state index in [1.54, 1.807) is 0 Å². The minimum Gasteiger partial charge on any atom is -0.379 e. The number of aromatic nitrogens is 2. The fraction of sp³-hybridized carbons (Fsp3) is 0.545. The molecule has 1 N–H and O–H groups in total. The fourth-order valence-corrected chi connectivity index (χ4v) is 4.09. The Balaban J connectivity index is 1.33. The number of rotatable bonds is 6. The number of hydrogen-bond donors (Lipinski definition) is 1. The van der Waals surface area contributed by atoms with E-state index in [2.05, 4.69) is 51.0 Å². The van der Waals surface area contributed by atoms with E-state index in [1.807, 2.05) is 6.20 Å². The van der Waals surface area contributed by atoms with Gasteiger partial charge in [-0.2, -0.15) is 0 Å². The van der Waals surface area contributed by atoms with Crippen molar-refractivity contribution >= 4 is 5.91 Å². The Bertz CT molecular complexity index is 793. The summed E-state index contributed by atoms with van der Waals surface area (Å²) < 4.78 is 7.52. The standard InChI is InChI=1S/C22H30N4O2/c1-2-17-3-5-18(6-4-17)19-7-8-21-24-20(16-26(21)15-19)22(27)23-9-10-25-11-13-28-14-12-25/h3-6,16,19H,2,7-15H2,1H3,(H,23,27)/t19-/m1/s1. The molecule has 3 heterocycles. The smallest absolute Gasteiger partial charge is 0.271 e. The molecule has 1 amide bonds. The molecule has 1 atom stereocenters. The molecule has 0 saturated carbocycles. The van der Waals surface area contributed by atoms with Crippen molar-refractivity contribution in [2.75, 3.05) is 39.4 Å². The lowest BCUT2D eigenvalue weighted by molar-refractivity contribution is 0.0383. The first-order chi connectivity index (χ1) is 13.7. The molecule has 1 aromatic carbocycles. The molecule has 0 radical (unpaired) electrons. The highest BCUT2D eigenvalue weighted by Gasteiger charge is 2.23. The van der Waals surface area contributed by atoms with Crippen LogP contribution in [0.15, 0.2) is 30.5 Å². The molecule has 0 bridgehead atoms. The van der Waals surface area contributed by atoms with Gasteiger partial charge in [0, 0.05) is 51.3 Å². The molecule has 2 aliphatic rings. The molecule has 1 aromatic heterocycles. The maximum Gasteiger partial charge on any atom is 0.271 e. The molecule has 4 rings (SSSR count). The van der Waals surface area contributed by atoms with Crippen molar-refractivity contribution in [3.63, 3.8) is 0 Å². The molecule has 0 unspecified atom stereocenters. The minimum absolute atomic E-state index is 0.0704. The van der Waals surface area contributed by atoms with Crippen LogP contribution in [0.1, 0.15) is 46.7 Å². The Morgan fingerprint density at radius 3 is 2.79 bits per heavy atom. The van der Waals surface area contributed by atoms with Crippen molar-refractivity contribution in [2.24, 2.45) is 0 Å². The summed E-state index contributed by atoms with van der Waals surface area (Å²) in [6.45, 7) is 8.03. The zero-order valence-electron chi connectivity index (χ0n) is 16.7. The topological polar surface area (TPSA) is 59.4 Å². The van der Waals surface area contributed by atoms with Gasteiger partial charge in [-0.05, 0) is 24.0 Å². The molecule has 1 fully saturated rings. The number of carbonyl (C=O) groups excluding carboxylic acids is 1. The van der Waals surface area contributed by atoms with Gasteiger partial charge in [0.1, 0.15) is 11.5 Å². The van der Waals surface area contributed by atoms with Crippen LogP contribution in [0.25, 0.3) is 0 Å². The van der Waals surface area contributed by atoms with Gasteiger partial charge in [0.2, 0.25) is 0 Å². The van der Waals surface area contributed by atoms with Crippen LogP contribution < -0.4 is 5.32 Å². The van der Waals surface area contributed by atoms with E-state index in [1.165, 1.54) is 11.1 Å². The number of morpholine rings is 1. The average Bonchev–Trinajstić information content (AvgIpc) is 3.18. The van der Waals surface area contributed by atoms with Crippen LogP contribution in [0.2, 0.25) is 0 Å². The quantitative estimate of drug-likeness (QED) is 0.832. The number of ether oxygens (including phenoxy) is 1. The van der Waals surface area contributed by atoms with Crippen molar-refractivity contribution in [1.82, 2.24) is 19.8 Å². The van der Waals surface area contributed by atoms with Crippen LogP contribution in [0, 0.1) is 0 Å². The highest BCUT2D eigenvalue weighted by molar-refractivity contribution is 5.92. The molecule has 0 aliphatic carbocycles. The molecule has 6 heteroatoms. The first-order valence-electron chi connectivity index (χ1n) is 10.5. The van der Waals surface area contributed by atoms with E-state index in [0.717, 1.165) is 64.5 Å². The Labute approximate surface area is 166 Å². The van der Waals surface area contributed by atoms with Crippen molar-refractivity contribution in [2.45, 2.75) is 38.6 Å². The summed E-state index contributed by atoms with van der Waals surface area (Å²) in [5.41, 5.74) is 3.30. The molecule has 1 saturated heterocycles. The summed E-state index contributed by atoms with van der Waals surface area (Å²) in [5, 5.41) is 3.01. The summed E-state index contributed by atoms with van der Waals surface area (Å²) >= 11 is 0. The van der Waals surface area contributed by atoms with Gasteiger partial charge in [0.05, 0.1) is 13.2 Å². The largest absolute Gasteiger partial charge is 0.379 e. The van der Waals surface area contributed by atoms with Gasteiger partial charge in [-0.15, -0.1) is 0 Å². The number of carbonyl (C=O) groups is 1. The van der Waals surface area contributed by atoms with Crippen LogP contribution >= 0.6 is 0 Å². The highest BCUT2D eigenvalue weighted by Crippen LogP contribution is 2.29. The summed E-state index contributed by atoms with van der Waals surface area (Å²) in [4.78, 5) is 19.4. The normalized spacial score (nSPS) is 20.0. The Morgan fingerprint density at radius 2 is 2.04 bits per heavy atom. The monoisotopic (exact) mass is 382 g/mol. The van der Waals surface area contributed by atoms with Crippen LogP contribution in [-0.2, 0) is 24.1 Å². The number of nitrogens with zero attached hydrogens (tertiary/aromatic N) is 3. The molecule has 28 heavy (non-hydrogen) atoms. The lowest BCUT2D eigenvalue weighted by atomic mass is 9.91. The number of aryl methyl sites for hydroxylation is 2. The van der Waals surface area contributed by atoms with Crippen molar-refractivity contribution in [3.05, 3.63) is 53.1 Å². The molecule has 150 valence electrons. The first-order valence-corrected chi connectivity index (χ1v) is 10.5. The van der Waals surface area contributed by atoms with E-state index in [-0.39, 0.29) is 5.91 Å².